The van der Waals surface area contributed by atoms with Crippen LogP contribution in [-0.2, 0) is 6.42 Å². The Morgan fingerprint density at radius 2 is 2.06 bits per heavy atom. The topological polar surface area (TPSA) is 37.8 Å². The molecule has 1 atom stereocenters. The van der Waals surface area contributed by atoms with Gasteiger partial charge in [0, 0.05) is 18.2 Å². The Hall–Kier alpha value is -0.130. The zero-order chi connectivity index (χ0) is 12.9. The van der Waals surface area contributed by atoms with Gasteiger partial charge >= 0.3 is 0 Å². The Morgan fingerprint density at radius 3 is 2.53 bits per heavy atom. The molecule has 1 aromatic heterocycles. The number of rotatable bonds is 6. The number of nitrogens with zero attached hydrogens (tertiary/aromatic N) is 2. The Bertz CT molecular complexity index is 331. The molecule has 0 amide bonds. The van der Waals surface area contributed by atoms with Gasteiger partial charge in [-0.15, -0.1) is 0 Å². The Kier molecular flexibility index (Phi) is 5.89. The Morgan fingerprint density at radius 1 is 1.35 bits per heavy atom. The molecule has 3 nitrogen and oxygen atoms in total. The first-order valence-corrected chi connectivity index (χ1v) is 7.92. The fourth-order valence-electron chi connectivity index (χ4n) is 1.46. The van der Waals surface area contributed by atoms with Gasteiger partial charge in [-0.1, -0.05) is 46.4 Å². The summed E-state index contributed by atoms with van der Waals surface area (Å²) in [5, 5.41) is 3.55. The number of hydrogen-bond acceptors (Lipinski definition) is 5. The summed E-state index contributed by atoms with van der Waals surface area (Å²) in [4.78, 5) is 4.49. The monoisotopic (exact) mass is 273 g/mol. The smallest absolute Gasteiger partial charge is 0.170 e. The molecule has 0 fully saturated rings. The van der Waals surface area contributed by atoms with Gasteiger partial charge in [0.2, 0.25) is 0 Å². The van der Waals surface area contributed by atoms with E-state index in [0.29, 0.717) is 6.04 Å². The summed E-state index contributed by atoms with van der Waals surface area (Å²) in [7, 11) is 0. The molecule has 0 radical (unpaired) electrons. The molecule has 1 heterocycles. The minimum Gasteiger partial charge on any atom is -0.313 e. The average Bonchev–Trinajstić information content (AvgIpc) is 2.70. The van der Waals surface area contributed by atoms with Crippen LogP contribution in [0.1, 0.15) is 40.4 Å². The van der Waals surface area contributed by atoms with E-state index in [-0.39, 0.29) is 5.41 Å². The molecule has 0 spiro atoms. The van der Waals surface area contributed by atoms with Crippen molar-refractivity contribution in [3.8, 4) is 0 Å². The highest BCUT2D eigenvalue weighted by atomic mass is 32.2. The second-order valence-electron chi connectivity index (χ2n) is 5.12. The molecule has 1 aromatic rings. The average molecular weight is 273 g/mol. The molecule has 0 aliphatic carbocycles. The van der Waals surface area contributed by atoms with E-state index in [4.69, 9.17) is 0 Å². The fourth-order valence-corrected chi connectivity index (χ4v) is 3.58. The maximum Gasteiger partial charge on any atom is 0.170 e. The van der Waals surface area contributed by atoms with Crippen molar-refractivity contribution in [3.63, 3.8) is 0 Å². The van der Waals surface area contributed by atoms with Crippen LogP contribution < -0.4 is 5.32 Å². The second-order valence-corrected chi connectivity index (χ2v) is 7.14. The third kappa shape index (κ3) is 4.94. The summed E-state index contributed by atoms with van der Waals surface area (Å²) < 4.78 is 5.40. The first-order chi connectivity index (χ1) is 7.97. The molecule has 1 N–H and O–H groups in total. The van der Waals surface area contributed by atoms with Crippen molar-refractivity contribution >= 4 is 23.3 Å². The van der Waals surface area contributed by atoms with Crippen molar-refractivity contribution in [3.05, 3.63) is 5.82 Å². The largest absolute Gasteiger partial charge is 0.313 e. The lowest BCUT2D eigenvalue weighted by atomic mass is 9.88. The van der Waals surface area contributed by atoms with Crippen LogP contribution in [0.25, 0.3) is 0 Å². The SMILES string of the molecule is CCNC(CSc1nc(CC)ns1)C(C)(C)C. The lowest BCUT2D eigenvalue weighted by Crippen LogP contribution is -2.42. The predicted molar refractivity (Wildman–Crippen MR) is 76.9 cm³/mol. The molecule has 0 saturated carbocycles. The maximum atomic E-state index is 4.49. The zero-order valence-electron chi connectivity index (χ0n) is 11.4. The first kappa shape index (κ1) is 14.9. The van der Waals surface area contributed by atoms with Crippen LogP contribution in [0.2, 0.25) is 0 Å². The minimum atomic E-state index is 0.279. The fraction of sp³-hybridized carbons (Fsp3) is 0.833. The van der Waals surface area contributed by atoms with Gasteiger partial charge in [0.05, 0.1) is 0 Å². The van der Waals surface area contributed by atoms with E-state index in [1.165, 1.54) is 11.5 Å². The molecule has 5 heteroatoms. The van der Waals surface area contributed by atoms with Crippen molar-refractivity contribution in [1.29, 1.82) is 0 Å². The van der Waals surface area contributed by atoms with Crippen LogP contribution in [-0.4, -0.2) is 27.7 Å². The van der Waals surface area contributed by atoms with Gasteiger partial charge < -0.3 is 5.32 Å². The third-order valence-corrected chi connectivity index (χ3v) is 4.60. The van der Waals surface area contributed by atoms with Gasteiger partial charge in [-0.05, 0) is 23.5 Å². The van der Waals surface area contributed by atoms with Crippen LogP contribution in [0.3, 0.4) is 0 Å². The highest BCUT2D eigenvalue weighted by Gasteiger charge is 2.24. The lowest BCUT2D eigenvalue weighted by molar-refractivity contribution is 0.295. The van der Waals surface area contributed by atoms with Gasteiger partial charge in [-0.25, -0.2) is 4.98 Å². The molecule has 98 valence electrons. The van der Waals surface area contributed by atoms with Gasteiger partial charge in [-0.2, -0.15) is 4.37 Å². The van der Waals surface area contributed by atoms with Crippen molar-refractivity contribution in [2.24, 2.45) is 5.41 Å². The molecule has 0 bridgehead atoms. The van der Waals surface area contributed by atoms with E-state index in [1.54, 1.807) is 0 Å². The Labute approximate surface area is 113 Å². The van der Waals surface area contributed by atoms with E-state index in [2.05, 4.69) is 49.3 Å². The van der Waals surface area contributed by atoms with Crippen molar-refractivity contribution in [2.45, 2.75) is 51.4 Å². The van der Waals surface area contributed by atoms with Gasteiger partial charge in [-0.3, -0.25) is 0 Å². The summed E-state index contributed by atoms with van der Waals surface area (Å²) in [6, 6.07) is 0.506. The highest BCUT2D eigenvalue weighted by Crippen LogP contribution is 2.27. The van der Waals surface area contributed by atoms with E-state index in [1.807, 2.05) is 11.8 Å². The molecule has 0 aliphatic heterocycles. The van der Waals surface area contributed by atoms with E-state index in [0.717, 1.165) is 28.9 Å². The summed E-state index contributed by atoms with van der Waals surface area (Å²) in [6.45, 7) is 12.1. The van der Waals surface area contributed by atoms with Crippen LogP contribution in [0.15, 0.2) is 4.34 Å². The molecule has 0 aliphatic rings. The van der Waals surface area contributed by atoms with E-state index in [9.17, 15) is 0 Å². The number of hydrogen-bond donors (Lipinski definition) is 1. The van der Waals surface area contributed by atoms with Crippen molar-refractivity contribution in [1.82, 2.24) is 14.7 Å². The highest BCUT2D eigenvalue weighted by molar-refractivity contribution is 8.00. The molecular formula is C12H23N3S2. The van der Waals surface area contributed by atoms with Crippen molar-refractivity contribution in [2.75, 3.05) is 12.3 Å². The Balaban J connectivity index is 2.51. The standard InChI is InChI=1S/C12H23N3S2/c1-6-10-14-11(17-15-10)16-8-9(13-7-2)12(3,4)5/h9,13H,6-8H2,1-5H3. The van der Waals surface area contributed by atoms with E-state index >= 15 is 0 Å². The van der Waals surface area contributed by atoms with Crippen LogP contribution >= 0.6 is 23.3 Å². The minimum absolute atomic E-state index is 0.279. The lowest BCUT2D eigenvalue weighted by Gasteiger charge is -2.30. The molecule has 17 heavy (non-hydrogen) atoms. The van der Waals surface area contributed by atoms with Crippen LogP contribution in [0.5, 0.6) is 0 Å². The number of thioether (sulfide) groups is 1. The quantitative estimate of drug-likeness (QED) is 0.808. The normalized spacial score (nSPS) is 13.9. The van der Waals surface area contributed by atoms with Crippen molar-refractivity contribution < 1.29 is 0 Å². The number of aryl methyl sites for hydroxylation is 1. The molecule has 1 unspecified atom stereocenters. The summed E-state index contributed by atoms with van der Waals surface area (Å²) >= 11 is 3.33. The number of aromatic nitrogens is 2. The van der Waals surface area contributed by atoms with E-state index < -0.39 is 0 Å². The van der Waals surface area contributed by atoms with Crippen LogP contribution in [0, 0.1) is 5.41 Å². The predicted octanol–water partition coefficient (Wildman–Crippen LogP) is 3.22. The van der Waals surface area contributed by atoms with Gasteiger partial charge in [0.25, 0.3) is 0 Å². The summed E-state index contributed by atoms with van der Waals surface area (Å²) in [6.07, 6.45) is 0.924. The zero-order valence-corrected chi connectivity index (χ0v) is 13.0. The third-order valence-electron chi connectivity index (χ3n) is 2.64. The molecule has 0 saturated heterocycles. The molecule has 1 rings (SSSR count). The summed E-state index contributed by atoms with van der Waals surface area (Å²) in [5.41, 5.74) is 0.279. The number of nitrogens with one attached hydrogen (secondary N) is 1. The second kappa shape index (κ2) is 6.71. The molecular weight excluding hydrogens is 250 g/mol. The maximum absolute atomic E-state index is 4.49. The van der Waals surface area contributed by atoms with Gasteiger partial charge in [0.15, 0.2) is 4.34 Å². The summed E-state index contributed by atoms with van der Waals surface area (Å²) in [5.74, 6) is 2.02. The molecule has 0 aromatic carbocycles. The van der Waals surface area contributed by atoms with Gasteiger partial charge in [0.1, 0.15) is 5.82 Å². The first-order valence-electron chi connectivity index (χ1n) is 6.16. The van der Waals surface area contributed by atoms with Crippen LogP contribution in [0.4, 0.5) is 0 Å².